The van der Waals surface area contributed by atoms with E-state index in [0.717, 1.165) is 51.7 Å². The smallest absolute Gasteiger partial charge is 0.240 e. The molecular weight excluding hydrogens is 202 g/mol. The molecule has 1 saturated heterocycles. The molecule has 0 aromatic carbocycles. The van der Waals surface area contributed by atoms with Crippen LogP contribution in [0.3, 0.4) is 0 Å². The van der Waals surface area contributed by atoms with E-state index in [4.69, 9.17) is 5.73 Å². The Labute approximate surface area is 97.6 Å². The summed E-state index contributed by atoms with van der Waals surface area (Å²) in [7, 11) is 0. The number of carbonyl (C=O) groups excluding carboxylic acids is 1. The van der Waals surface area contributed by atoms with E-state index < -0.39 is 5.54 Å². The third-order valence-corrected chi connectivity index (χ3v) is 4.07. The van der Waals surface area contributed by atoms with E-state index in [1.54, 1.807) is 0 Å². The second-order valence-electron chi connectivity index (χ2n) is 5.19. The summed E-state index contributed by atoms with van der Waals surface area (Å²) in [6.07, 6.45) is 4.93. The highest BCUT2D eigenvalue weighted by Crippen LogP contribution is 2.29. The van der Waals surface area contributed by atoms with Crippen LogP contribution in [-0.4, -0.2) is 42.0 Å². The molecule has 1 aliphatic heterocycles. The Hall–Kier alpha value is -0.610. The third kappa shape index (κ3) is 2.38. The van der Waals surface area contributed by atoms with Crippen LogP contribution in [0.1, 0.15) is 39.0 Å². The first kappa shape index (κ1) is 11.9. The predicted octanol–water partition coefficient (Wildman–Crippen LogP) is 0.468. The first-order chi connectivity index (χ1) is 7.64. The Kier molecular flexibility index (Phi) is 3.50. The monoisotopic (exact) mass is 225 g/mol. The number of nitrogens with zero attached hydrogens (tertiary/aromatic N) is 1. The van der Waals surface area contributed by atoms with Crippen LogP contribution in [0.25, 0.3) is 0 Å². The average Bonchev–Trinajstić information content (AvgIpc) is 2.27. The molecule has 16 heavy (non-hydrogen) atoms. The number of hydrogen-bond donors (Lipinski definition) is 2. The van der Waals surface area contributed by atoms with Gasteiger partial charge >= 0.3 is 0 Å². The summed E-state index contributed by atoms with van der Waals surface area (Å²) >= 11 is 0. The van der Waals surface area contributed by atoms with Crippen molar-refractivity contribution in [3.63, 3.8) is 0 Å². The minimum Gasteiger partial charge on any atom is -0.352 e. The summed E-state index contributed by atoms with van der Waals surface area (Å²) in [5.74, 6) is 0.0775. The van der Waals surface area contributed by atoms with E-state index in [1.807, 2.05) is 0 Å². The molecule has 0 bridgehead atoms. The van der Waals surface area contributed by atoms with Crippen LogP contribution in [-0.2, 0) is 4.79 Å². The third-order valence-electron chi connectivity index (χ3n) is 4.07. The highest BCUT2D eigenvalue weighted by Gasteiger charge is 2.40. The van der Waals surface area contributed by atoms with Gasteiger partial charge in [0.25, 0.3) is 0 Å². The molecule has 2 fully saturated rings. The highest BCUT2D eigenvalue weighted by atomic mass is 16.2. The number of carbonyl (C=O) groups is 1. The number of likely N-dealkylation sites (tertiary alicyclic amines) is 1. The van der Waals surface area contributed by atoms with Crippen molar-refractivity contribution in [3.05, 3.63) is 0 Å². The second kappa shape index (κ2) is 4.72. The van der Waals surface area contributed by atoms with Gasteiger partial charge in [-0.2, -0.15) is 0 Å². The number of amides is 1. The molecule has 4 nitrogen and oxygen atoms in total. The van der Waals surface area contributed by atoms with Gasteiger partial charge in [0.05, 0.1) is 5.54 Å². The normalized spacial score (nSPS) is 26.1. The lowest BCUT2D eigenvalue weighted by Crippen LogP contribution is -2.61. The predicted molar refractivity (Wildman–Crippen MR) is 64.0 cm³/mol. The molecule has 2 rings (SSSR count). The van der Waals surface area contributed by atoms with Crippen molar-refractivity contribution in [3.8, 4) is 0 Å². The fraction of sp³-hybridized carbons (Fsp3) is 0.917. The number of nitrogens with one attached hydrogen (secondary N) is 1. The van der Waals surface area contributed by atoms with Crippen LogP contribution in [0.2, 0.25) is 0 Å². The van der Waals surface area contributed by atoms with Gasteiger partial charge in [-0.1, -0.05) is 6.92 Å². The van der Waals surface area contributed by atoms with Gasteiger partial charge in [0, 0.05) is 19.1 Å². The highest BCUT2D eigenvalue weighted by molar-refractivity contribution is 5.87. The van der Waals surface area contributed by atoms with Crippen LogP contribution in [0, 0.1) is 0 Å². The molecule has 1 amide bonds. The zero-order valence-corrected chi connectivity index (χ0v) is 10.2. The lowest BCUT2D eigenvalue weighted by molar-refractivity contribution is -0.130. The van der Waals surface area contributed by atoms with Gasteiger partial charge in [-0.25, -0.2) is 0 Å². The van der Waals surface area contributed by atoms with E-state index in [1.165, 1.54) is 0 Å². The Morgan fingerprint density at radius 3 is 2.50 bits per heavy atom. The Bertz CT molecular complexity index is 255. The molecule has 0 atom stereocenters. The summed E-state index contributed by atoms with van der Waals surface area (Å²) in [5.41, 5.74) is 5.45. The SMILES string of the molecule is CCN1CCC(NC(=O)C2(N)CCC2)CC1. The lowest BCUT2D eigenvalue weighted by Gasteiger charge is -2.39. The van der Waals surface area contributed by atoms with Gasteiger partial charge in [0.1, 0.15) is 0 Å². The van der Waals surface area contributed by atoms with E-state index in [2.05, 4.69) is 17.1 Å². The Morgan fingerprint density at radius 2 is 2.06 bits per heavy atom. The van der Waals surface area contributed by atoms with Crippen molar-refractivity contribution in [2.24, 2.45) is 5.73 Å². The van der Waals surface area contributed by atoms with Crippen LogP contribution in [0.5, 0.6) is 0 Å². The molecule has 0 radical (unpaired) electrons. The van der Waals surface area contributed by atoms with Gasteiger partial charge in [0.2, 0.25) is 5.91 Å². The molecule has 0 spiro atoms. The number of hydrogen-bond acceptors (Lipinski definition) is 3. The molecule has 1 heterocycles. The Morgan fingerprint density at radius 1 is 1.44 bits per heavy atom. The van der Waals surface area contributed by atoms with Crippen LogP contribution < -0.4 is 11.1 Å². The fourth-order valence-electron chi connectivity index (χ4n) is 2.51. The Balaban J connectivity index is 1.76. The minimum absolute atomic E-state index is 0.0775. The summed E-state index contributed by atoms with van der Waals surface area (Å²) < 4.78 is 0. The van der Waals surface area contributed by atoms with E-state index in [-0.39, 0.29) is 5.91 Å². The topological polar surface area (TPSA) is 58.4 Å². The van der Waals surface area contributed by atoms with E-state index in [9.17, 15) is 4.79 Å². The van der Waals surface area contributed by atoms with Crippen LogP contribution in [0.4, 0.5) is 0 Å². The molecule has 1 saturated carbocycles. The zero-order valence-electron chi connectivity index (χ0n) is 10.2. The molecular formula is C12H23N3O. The maximum Gasteiger partial charge on any atom is 0.240 e. The molecule has 0 aromatic heterocycles. The van der Waals surface area contributed by atoms with Crippen molar-refractivity contribution in [2.45, 2.75) is 50.6 Å². The molecule has 4 heteroatoms. The van der Waals surface area contributed by atoms with E-state index >= 15 is 0 Å². The van der Waals surface area contributed by atoms with Crippen molar-refractivity contribution in [1.82, 2.24) is 10.2 Å². The molecule has 0 unspecified atom stereocenters. The van der Waals surface area contributed by atoms with Crippen molar-refractivity contribution in [2.75, 3.05) is 19.6 Å². The maximum atomic E-state index is 11.9. The number of nitrogens with two attached hydrogens (primary N) is 1. The zero-order chi connectivity index (χ0) is 11.6. The molecule has 1 aliphatic carbocycles. The summed E-state index contributed by atoms with van der Waals surface area (Å²) in [4.78, 5) is 14.3. The van der Waals surface area contributed by atoms with Crippen molar-refractivity contribution < 1.29 is 4.79 Å². The van der Waals surface area contributed by atoms with E-state index in [0.29, 0.717) is 6.04 Å². The molecule has 2 aliphatic rings. The van der Waals surface area contributed by atoms with Crippen LogP contribution >= 0.6 is 0 Å². The first-order valence-corrected chi connectivity index (χ1v) is 6.46. The molecule has 92 valence electrons. The minimum atomic E-state index is -0.540. The van der Waals surface area contributed by atoms with Crippen molar-refractivity contribution >= 4 is 5.91 Å². The van der Waals surface area contributed by atoms with Gasteiger partial charge < -0.3 is 16.0 Å². The summed E-state index contributed by atoms with van der Waals surface area (Å²) in [5, 5.41) is 3.12. The lowest BCUT2D eigenvalue weighted by atomic mass is 9.77. The average molecular weight is 225 g/mol. The second-order valence-corrected chi connectivity index (χ2v) is 5.19. The first-order valence-electron chi connectivity index (χ1n) is 6.46. The fourth-order valence-corrected chi connectivity index (χ4v) is 2.51. The van der Waals surface area contributed by atoms with Gasteiger partial charge in [-0.05, 0) is 38.6 Å². The quantitative estimate of drug-likeness (QED) is 0.734. The van der Waals surface area contributed by atoms with Gasteiger partial charge in [-0.3, -0.25) is 4.79 Å². The molecule has 3 N–H and O–H groups in total. The maximum absolute atomic E-state index is 11.9. The largest absolute Gasteiger partial charge is 0.352 e. The van der Waals surface area contributed by atoms with Crippen LogP contribution in [0.15, 0.2) is 0 Å². The number of rotatable bonds is 3. The summed E-state index contributed by atoms with van der Waals surface area (Å²) in [6.45, 7) is 5.49. The van der Waals surface area contributed by atoms with Gasteiger partial charge in [-0.15, -0.1) is 0 Å². The number of piperidine rings is 1. The van der Waals surface area contributed by atoms with Crippen molar-refractivity contribution in [1.29, 1.82) is 0 Å². The van der Waals surface area contributed by atoms with Gasteiger partial charge in [0.15, 0.2) is 0 Å². The molecule has 0 aromatic rings. The standard InChI is InChI=1S/C12H23N3O/c1-2-15-8-4-10(5-9-15)14-11(16)12(13)6-3-7-12/h10H,2-9,13H2,1H3,(H,14,16). The summed E-state index contributed by atoms with van der Waals surface area (Å²) in [6, 6.07) is 0.344.